The van der Waals surface area contributed by atoms with Gasteiger partial charge < -0.3 is 18.6 Å². The van der Waals surface area contributed by atoms with Crippen LogP contribution in [0.2, 0.25) is 0 Å². The lowest BCUT2D eigenvalue weighted by molar-refractivity contribution is 0.0535. The molecule has 2 heterocycles. The van der Waals surface area contributed by atoms with Gasteiger partial charge in [-0.25, -0.2) is 9.59 Å². The molecule has 1 aliphatic rings. The van der Waals surface area contributed by atoms with E-state index in [1.165, 1.54) is 13.0 Å². The fourth-order valence-corrected chi connectivity index (χ4v) is 4.17. The van der Waals surface area contributed by atoms with Crippen LogP contribution in [0, 0.1) is 0 Å². The summed E-state index contributed by atoms with van der Waals surface area (Å²) in [5.74, 6) is 0.314. The van der Waals surface area contributed by atoms with E-state index in [1.54, 1.807) is 32.4 Å². The zero-order chi connectivity index (χ0) is 22.6. The van der Waals surface area contributed by atoms with E-state index in [-0.39, 0.29) is 18.0 Å². The van der Waals surface area contributed by atoms with Crippen molar-refractivity contribution in [1.29, 1.82) is 0 Å². The van der Waals surface area contributed by atoms with Crippen LogP contribution in [0.25, 0.3) is 32.9 Å². The summed E-state index contributed by atoms with van der Waals surface area (Å²) in [6.07, 6.45) is 0. The maximum Gasteiger partial charge on any atom is 0.347 e. The average Bonchev–Trinajstić information content (AvgIpc) is 3.15. The lowest BCUT2D eigenvalue weighted by Gasteiger charge is -2.15. The fourth-order valence-electron chi connectivity index (χ4n) is 4.17. The summed E-state index contributed by atoms with van der Waals surface area (Å²) >= 11 is 0. The Morgan fingerprint density at radius 3 is 2.38 bits per heavy atom. The van der Waals surface area contributed by atoms with Crippen LogP contribution in [0.15, 0.2) is 51.7 Å². The maximum absolute atomic E-state index is 12.6. The predicted octanol–water partition coefficient (Wildman–Crippen LogP) is 4.50. The number of esters is 1. The first-order valence-electron chi connectivity index (χ1n) is 9.89. The highest BCUT2D eigenvalue weighted by Crippen LogP contribution is 2.42. The van der Waals surface area contributed by atoms with Crippen molar-refractivity contribution in [3.05, 3.63) is 69.6 Å². The Hall–Kier alpha value is -4.13. The molecule has 0 fully saturated rings. The Labute approximate surface area is 182 Å². The van der Waals surface area contributed by atoms with Crippen molar-refractivity contribution < 1.29 is 28.2 Å². The zero-order valence-electron chi connectivity index (χ0n) is 17.6. The summed E-state index contributed by atoms with van der Waals surface area (Å²) < 4.78 is 21.5. The second-order valence-corrected chi connectivity index (χ2v) is 7.55. The number of benzene rings is 3. The quantitative estimate of drug-likeness (QED) is 0.267. The Bertz CT molecular complexity index is 1510. The molecule has 160 valence electrons. The van der Waals surface area contributed by atoms with E-state index in [9.17, 15) is 14.4 Å². The molecular weight excluding hydrogens is 412 g/mol. The summed E-state index contributed by atoms with van der Waals surface area (Å²) in [5.41, 5.74) is 2.30. The zero-order valence-corrected chi connectivity index (χ0v) is 17.6. The summed E-state index contributed by atoms with van der Waals surface area (Å²) in [4.78, 5) is 36.5. The molecule has 1 aliphatic heterocycles. The second-order valence-electron chi connectivity index (χ2n) is 7.55. The van der Waals surface area contributed by atoms with E-state index >= 15 is 0 Å². The standard InChI is InChI=1S/C25H18O7/c1-12(26)17-8-15-6-13(4-5-19(15)32-24(17)27)22-18-10-21(30-3)20(29-2)9-14(18)7-16-11-31-25(28)23(16)22/h4-10H,11H2,1-3H3. The van der Waals surface area contributed by atoms with Crippen LogP contribution >= 0.6 is 0 Å². The smallest absolute Gasteiger partial charge is 0.347 e. The number of Topliss-reactive ketones (excluding diaryl/α,β-unsaturated/α-hetero) is 1. The number of fused-ring (bicyclic) bond motifs is 3. The normalized spacial score (nSPS) is 12.7. The molecule has 4 aromatic rings. The molecule has 0 saturated carbocycles. The first kappa shape index (κ1) is 19.8. The summed E-state index contributed by atoms with van der Waals surface area (Å²) in [6, 6.07) is 12.3. The molecule has 0 spiro atoms. The highest BCUT2D eigenvalue weighted by Gasteiger charge is 2.28. The van der Waals surface area contributed by atoms with E-state index in [4.69, 9.17) is 18.6 Å². The van der Waals surface area contributed by atoms with Crippen molar-refractivity contribution in [3.63, 3.8) is 0 Å². The number of rotatable bonds is 4. The fraction of sp³-hybridized carbons (Fsp3) is 0.160. The van der Waals surface area contributed by atoms with Crippen LogP contribution in [0.3, 0.4) is 0 Å². The van der Waals surface area contributed by atoms with Crippen LogP contribution in [-0.4, -0.2) is 26.0 Å². The number of carbonyl (C=O) groups is 2. The lowest BCUT2D eigenvalue weighted by atomic mass is 9.89. The number of carbonyl (C=O) groups excluding carboxylic acids is 2. The van der Waals surface area contributed by atoms with Crippen LogP contribution < -0.4 is 15.1 Å². The highest BCUT2D eigenvalue weighted by molar-refractivity contribution is 6.12. The average molecular weight is 430 g/mol. The van der Waals surface area contributed by atoms with Gasteiger partial charge in [0.05, 0.1) is 19.8 Å². The molecule has 32 heavy (non-hydrogen) atoms. The Kier molecular flexibility index (Phi) is 4.48. The minimum Gasteiger partial charge on any atom is -0.493 e. The molecule has 0 amide bonds. The van der Waals surface area contributed by atoms with Gasteiger partial charge >= 0.3 is 11.6 Å². The van der Waals surface area contributed by atoms with Gasteiger partial charge in [0.15, 0.2) is 17.3 Å². The lowest BCUT2D eigenvalue weighted by Crippen LogP contribution is -2.10. The largest absolute Gasteiger partial charge is 0.493 e. The topological polar surface area (TPSA) is 92.0 Å². The van der Waals surface area contributed by atoms with E-state index < -0.39 is 11.6 Å². The van der Waals surface area contributed by atoms with Gasteiger partial charge in [0.25, 0.3) is 0 Å². The Morgan fingerprint density at radius 2 is 1.66 bits per heavy atom. The summed E-state index contributed by atoms with van der Waals surface area (Å²) in [7, 11) is 3.11. The third-order valence-corrected chi connectivity index (χ3v) is 5.69. The molecule has 1 aromatic heterocycles. The van der Waals surface area contributed by atoms with Gasteiger partial charge in [-0.2, -0.15) is 0 Å². The number of ether oxygens (including phenoxy) is 3. The number of ketones is 1. The van der Waals surface area contributed by atoms with Crippen molar-refractivity contribution in [3.8, 4) is 22.6 Å². The first-order valence-corrected chi connectivity index (χ1v) is 9.89. The predicted molar refractivity (Wildman–Crippen MR) is 118 cm³/mol. The third kappa shape index (κ3) is 2.93. The minimum absolute atomic E-state index is 0.0244. The number of hydrogen-bond donors (Lipinski definition) is 0. The molecule has 7 nitrogen and oxygen atoms in total. The van der Waals surface area contributed by atoms with E-state index in [0.717, 1.165) is 16.3 Å². The van der Waals surface area contributed by atoms with Gasteiger partial charge in [0.1, 0.15) is 17.8 Å². The van der Waals surface area contributed by atoms with Gasteiger partial charge in [-0.15, -0.1) is 0 Å². The molecular formula is C25H18O7. The van der Waals surface area contributed by atoms with Crippen molar-refractivity contribution in [1.82, 2.24) is 0 Å². The minimum atomic E-state index is -0.677. The Balaban J connectivity index is 1.86. The first-order chi connectivity index (χ1) is 15.4. The third-order valence-electron chi connectivity index (χ3n) is 5.69. The maximum atomic E-state index is 12.6. The Morgan fingerprint density at radius 1 is 0.906 bits per heavy atom. The second kappa shape index (κ2) is 7.23. The molecule has 0 N–H and O–H groups in total. The van der Waals surface area contributed by atoms with Crippen molar-refractivity contribution in [2.75, 3.05) is 14.2 Å². The number of methoxy groups -OCH3 is 2. The van der Waals surface area contributed by atoms with Gasteiger partial charge in [0, 0.05) is 16.5 Å². The van der Waals surface area contributed by atoms with Crippen molar-refractivity contribution in [2.45, 2.75) is 13.5 Å². The van der Waals surface area contributed by atoms with Gasteiger partial charge in [-0.3, -0.25) is 4.79 Å². The van der Waals surface area contributed by atoms with Crippen molar-refractivity contribution in [2.24, 2.45) is 0 Å². The van der Waals surface area contributed by atoms with Crippen LogP contribution in [0.4, 0.5) is 0 Å². The molecule has 0 bridgehead atoms. The van der Waals surface area contributed by atoms with Crippen LogP contribution in [0.5, 0.6) is 11.5 Å². The SMILES string of the molecule is COc1cc2cc3c(c(-c4ccc5oc(=O)c(C(C)=O)cc5c4)c2cc1OC)C(=O)OC3. The van der Waals surface area contributed by atoms with E-state index in [2.05, 4.69) is 0 Å². The van der Waals surface area contributed by atoms with E-state index in [1.807, 2.05) is 18.2 Å². The molecule has 0 unspecified atom stereocenters. The molecule has 0 radical (unpaired) electrons. The van der Waals surface area contributed by atoms with E-state index in [0.29, 0.717) is 39.2 Å². The molecule has 0 saturated heterocycles. The molecule has 0 atom stereocenters. The van der Waals surface area contributed by atoms with Crippen molar-refractivity contribution >= 4 is 33.5 Å². The van der Waals surface area contributed by atoms with Crippen LogP contribution in [0.1, 0.15) is 33.2 Å². The monoisotopic (exact) mass is 430 g/mol. The van der Waals surface area contributed by atoms with Gasteiger partial charge in [-0.1, -0.05) is 6.07 Å². The summed E-state index contributed by atoms with van der Waals surface area (Å²) in [6.45, 7) is 1.50. The molecule has 3 aromatic carbocycles. The van der Waals surface area contributed by atoms with Gasteiger partial charge in [0.2, 0.25) is 0 Å². The van der Waals surface area contributed by atoms with Gasteiger partial charge in [-0.05, 0) is 59.7 Å². The number of cyclic esters (lactones) is 1. The summed E-state index contributed by atoms with van der Waals surface area (Å²) in [5, 5.41) is 2.22. The number of hydrogen-bond acceptors (Lipinski definition) is 7. The molecule has 5 rings (SSSR count). The molecule has 7 heteroatoms. The van der Waals surface area contributed by atoms with Crippen LogP contribution in [-0.2, 0) is 11.3 Å². The molecule has 0 aliphatic carbocycles. The highest BCUT2D eigenvalue weighted by atomic mass is 16.5.